The lowest BCUT2D eigenvalue weighted by molar-refractivity contribution is 0.0328. The number of hydrogen-bond donors (Lipinski definition) is 2. The lowest BCUT2D eigenvalue weighted by Gasteiger charge is -2.44. The second-order valence-corrected chi connectivity index (χ2v) is 6.71. The highest BCUT2D eigenvalue weighted by molar-refractivity contribution is 4.96. The maximum atomic E-state index is 9.80. The summed E-state index contributed by atoms with van der Waals surface area (Å²) >= 11 is 0. The predicted molar refractivity (Wildman–Crippen MR) is 81.9 cm³/mol. The van der Waals surface area contributed by atoms with E-state index in [9.17, 15) is 5.11 Å². The van der Waals surface area contributed by atoms with Crippen molar-refractivity contribution in [3.8, 4) is 0 Å². The lowest BCUT2D eigenvalue weighted by atomic mass is 9.78. The van der Waals surface area contributed by atoms with Crippen LogP contribution in [0, 0.1) is 5.92 Å². The summed E-state index contributed by atoms with van der Waals surface area (Å²) in [4.78, 5) is 2.54. The van der Waals surface area contributed by atoms with Crippen molar-refractivity contribution in [3.63, 3.8) is 0 Å². The molecular formula is C16H32N2O2. The molecule has 0 aromatic heterocycles. The molecule has 1 saturated heterocycles. The van der Waals surface area contributed by atoms with Crippen molar-refractivity contribution in [3.05, 3.63) is 0 Å². The molecule has 2 rings (SSSR count). The SMILES string of the molecule is CCNC1(CO)CCCC(N(C)CC2CCOCC2)C1. The average molecular weight is 284 g/mol. The first-order valence-electron chi connectivity index (χ1n) is 8.33. The maximum Gasteiger partial charge on any atom is 0.0613 e. The Kier molecular flexibility index (Phi) is 6.27. The Bertz CT molecular complexity index is 278. The minimum Gasteiger partial charge on any atom is -0.394 e. The van der Waals surface area contributed by atoms with Gasteiger partial charge in [0.05, 0.1) is 6.61 Å². The number of nitrogens with zero attached hydrogens (tertiary/aromatic N) is 1. The van der Waals surface area contributed by atoms with Crippen molar-refractivity contribution in [2.45, 2.75) is 57.0 Å². The van der Waals surface area contributed by atoms with Gasteiger partial charge in [0.1, 0.15) is 0 Å². The van der Waals surface area contributed by atoms with Gasteiger partial charge in [-0.3, -0.25) is 0 Å². The Morgan fingerprint density at radius 3 is 2.70 bits per heavy atom. The van der Waals surface area contributed by atoms with E-state index in [1.807, 2.05) is 0 Å². The van der Waals surface area contributed by atoms with E-state index in [2.05, 4.69) is 24.2 Å². The van der Waals surface area contributed by atoms with Crippen molar-refractivity contribution in [2.24, 2.45) is 5.92 Å². The quantitative estimate of drug-likeness (QED) is 0.778. The zero-order valence-electron chi connectivity index (χ0n) is 13.2. The molecule has 0 aromatic carbocycles. The summed E-state index contributed by atoms with van der Waals surface area (Å²) in [6.45, 7) is 6.39. The molecule has 1 saturated carbocycles. The van der Waals surface area contributed by atoms with Crippen LogP contribution in [0.4, 0.5) is 0 Å². The molecule has 4 heteroatoms. The maximum absolute atomic E-state index is 9.80. The summed E-state index contributed by atoms with van der Waals surface area (Å²) in [7, 11) is 2.26. The molecule has 118 valence electrons. The standard InChI is InChI=1S/C16H32N2O2/c1-3-17-16(13-19)8-4-5-15(11-16)18(2)12-14-6-9-20-10-7-14/h14-15,17,19H,3-13H2,1-2H3. The van der Waals surface area contributed by atoms with Gasteiger partial charge in [-0.25, -0.2) is 0 Å². The largest absolute Gasteiger partial charge is 0.394 e. The Balaban J connectivity index is 1.86. The second kappa shape index (κ2) is 7.74. The molecule has 2 aliphatic rings. The number of rotatable bonds is 6. The molecule has 1 heterocycles. The first-order valence-corrected chi connectivity index (χ1v) is 8.33. The summed E-state index contributed by atoms with van der Waals surface area (Å²) in [5.74, 6) is 0.790. The van der Waals surface area contributed by atoms with Crippen molar-refractivity contribution in [2.75, 3.05) is 40.0 Å². The molecule has 0 amide bonds. The molecule has 1 aliphatic heterocycles. The van der Waals surface area contributed by atoms with Crippen LogP contribution < -0.4 is 5.32 Å². The van der Waals surface area contributed by atoms with E-state index in [1.165, 1.54) is 32.2 Å². The minimum absolute atomic E-state index is 0.0401. The van der Waals surface area contributed by atoms with Gasteiger partial charge in [0, 0.05) is 31.3 Å². The van der Waals surface area contributed by atoms with E-state index >= 15 is 0 Å². The zero-order chi connectivity index (χ0) is 14.4. The van der Waals surface area contributed by atoms with Crippen molar-refractivity contribution in [1.82, 2.24) is 10.2 Å². The van der Waals surface area contributed by atoms with E-state index in [1.54, 1.807) is 0 Å². The third kappa shape index (κ3) is 4.17. The highest BCUT2D eigenvalue weighted by Gasteiger charge is 2.36. The number of aliphatic hydroxyl groups is 1. The first-order chi connectivity index (χ1) is 9.69. The van der Waals surface area contributed by atoms with Crippen LogP contribution in [0.2, 0.25) is 0 Å². The number of nitrogens with one attached hydrogen (secondary N) is 1. The first kappa shape index (κ1) is 16.2. The highest BCUT2D eigenvalue weighted by Crippen LogP contribution is 2.31. The molecule has 0 spiro atoms. The molecular weight excluding hydrogens is 252 g/mol. The minimum atomic E-state index is -0.0401. The molecule has 4 nitrogen and oxygen atoms in total. The Labute approximate surface area is 123 Å². The normalized spacial score (nSPS) is 32.7. The fourth-order valence-electron chi connectivity index (χ4n) is 3.93. The van der Waals surface area contributed by atoms with Gasteiger partial charge < -0.3 is 20.1 Å². The third-order valence-electron chi connectivity index (χ3n) is 5.18. The summed E-state index contributed by atoms with van der Waals surface area (Å²) in [6, 6.07) is 0.609. The molecule has 0 radical (unpaired) electrons. The summed E-state index contributed by atoms with van der Waals surface area (Å²) in [6.07, 6.45) is 7.09. The number of aliphatic hydroxyl groups excluding tert-OH is 1. The third-order valence-corrected chi connectivity index (χ3v) is 5.18. The topological polar surface area (TPSA) is 44.7 Å². The fraction of sp³-hybridized carbons (Fsp3) is 1.00. The highest BCUT2D eigenvalue weighted by atomic mass is 16.5. The molecule has 2 fully saturated rings. The summed E-state index contributed by atoms with van der Waals surface area (Å²) < 4.78 is 5.45. The van der Waals surface area contributed by atoms with Crippen LogP contribution in [0.25, 0.3) is 0 Å². The van der Waals surface area contributed by atoms with Crippen LogP contribution in [0.5, 0.6) is 0 Å². The summed E-state index contributed by atoms with van der Waals surface area (Å²) in [5.41, 5.74) is -0.0401. The second-order valence-electron chi connectivity index (χ2n) is 6.71. The molecule has 2 atom stereocenters. The van der Waals surface area contributed by atoms with Crippen LogP contribution in [0.3, 0.4) is 0 Å². The van der Waals surface area contributed by atoms with E-state index in [4.69, 9.17) is 4.74 Å². The van der Waals surface area contributed by atoms with E-state index in [-0.39, 0.29) is 12.1 Å². The van der Waals surface area contributed by atoms with Crippen molar-refractivity contribution in [1.29, 1.82) is 0 Å². The van der Waals surface area contributed by atoms with Gasteiger partial charge in [-0.05, 0) is 58.0 Å². The molecule has 2 unspecified atom stereocenters. The van der Waals surface area contributed by atoms with Gasteiger partial charge in [-0.15, -0.1) is 0 Å². The lowest BCUT2D eigenvalue weighted by Crippen LogP contribution is -2.55. The average Bonchev–Trinajstić information content (AvgIpc) is 2.49. The number of hydrogen-bond acceptors (Lipinski definition) is 4. The molecule has 1 aliphatic carbocycles. The van der Waals surface area contributed by atoms with Gasteiger partial charge in [-0.1, -0.05) is 6.92 Å². The van der Waals surface area contributed by atoms with Gasteiger partial charge in [0.15, 0.2) is 0 Å². The molecule has 20 heavy (non-hydrogen) atoms. The van der Waals surface area contributed by atoms with Crippen molar-refractivity contribution >= 4 is 0 Å². The Morgan fingerprint density at radius 2 is 2.05 bits per heavy atom. The van der Waals surface area contributed by atoms with Crippen molar-refractivity contribution < 1.29 is 9.84 Å². The van der Waals surface area contributed by atoms with Gasteiger partial charge in [-0.2, -0.15) is 0 Å². The Hall–Kier alpha value is -0.160. The smallest absolute Gasteiger partial charge is 0.0613 e. The fourth-order valence-corrected chi connectivity index (χ4v) is 3.93. The predicted octanol–water partition coefficient (Wildman–Crippen LogP) is 1.63. The Morgan fingerprint density at radius 1 is 1.30 bits per heavy atom. The van der Waals surface area contributed by atoms with E-state index in [0.717, 1.165) is 38.5 Å². The van der Waals surface area contributed by atoms with Crippen LogP contribution in [-0.4, -0.2) is 61.5 Å². The van der Waals surface area contributed by atoms with Gasteiger partial charge in [0.2, 0.25) is 0 Å². The van der Waals surface area contributed by atoms with Crippen LogP contribution >= 0.6 is 0 Å². The zero-order valence-corrected chi connectivity index (χ0v) is 13.2. The van der Waals surface area contributed by atoms with E-state index < -0.39 is 0 Å². The van der Waals surface area contributed by atoms with Crippen LogP contribution in [-0.2, 0) is 4.74 Å². The van der Waals surface area contributed by atoms with Crippen LogP contribution in [0.15, 0.2) is 0 Å². The van der Waals surface area contributed by atoms with Gasteiger partial charge in [0.25, 0.3) is 0 Å². The molecule has 0 aromatic rings. The molecule has 2 N–H and O–H groups in total. The number of likely N-dealkylation sites (N-methyl/N-ethyl adjacent to an activating group) is 1. The monoisotopic (exact) mass is 284 g/mol. The number of ether oxygens (including phenoxy) is 1. The van der Waals surface area contributed by atoms with Crippen LogP contribution in [0.1, 0.15) is 45.4 Å². The molecule has 0 bridgehead atoms. The summed E-state index contributed by atoms with van der Waals surface area (Å²) in [5, 5.41) is 13.3. The van der Waals surface area contributed by atoms with Gasteiger partial charge >= 0.3 is 0 Å². The van der Waals surface area contributed by atoms with E-state index in [0.29, 0.717) is 6.04 Å².